The summed E-state index contributed by atoms with van der Waals surface area (Å²) in [5, 5.41) is 22.2. The number of amides is 2. The first-order valence-corrected chi connectivity index (χ1v) is 11.6. The van der Waals surface area contributed by atoms with Crippen LogP contribution >= 0.6 is 11.6 Å². The van der Waals surface area contributed by atoms with Crippen molar-refractivity contribution in [1.82, 2.24) is 21.3 Å². The van der Waals surface area contributed by atoms with Crippen molar-refractivity contribution in [1.29, 1.82) is 0 Å². The standard InChI is InChI=1S/C22H28ClF3N4O4/c23-13-2-1-12(7-14(13)24)34-11-18(32)29-21-3-5-22(6-4-21,17(31)8-21)30-20(33)16-10-27-15(9-28-16)19(25)26/h1-2,7,15-17,19,27-28,31H,3-6,8-11H2,(H,29,32)(H,30,33)/t15?,16?,17-,21?,22?/m1/s1. The lowest BCUT2D eigenvalue weighted by Crippen LogP contribution is -2.72. The number of carbonyl (C=O) groups is 2. The third-order valence-corrected chi connectivity index (χ3v) is 7.45. The van der Waals surface area contributed by atoms with Crippen LogP contribution in [0.4, 0.5) is 13.2 Å². The third kappa shape index (κ3) is 5.27. The minimum absolute atomic E-state index is 0.0226. The van der Waals surface area contributed by atoms with Crippen LogP contribution in [0.25, 0.3) is 0 Å². The number of halogens is 4. The van der Waals surface area contributed by atoms with E-state index in [9.17, 15) is 27.9 Å². The number of rotatable bonds is 7. The SMILES string of the molecule is O=C(COc1ccc(Cl)c(F)c1)NC12CCC(NC(=O)C3CNC(C(F)F)CN3)(CC1)[C@H](O)C2. The number of aliphatic hydroxyl groups excluding tert-OH is 1. The molecule has 4 fully saturated rings. The fraction of sp³-hybridized carbons (Fsp3) is 0.636. The molecule has 4 aliphatic rings. The van der Waals surface area contributed by atoms with Gasteiger partial charge in [0.2, 0.25) is 5.91 Å². The summed E-state index contributed by atoms with van der Waals surface area (Å²) in [4.78, 5) is 25.2. The van der Waals surface area contributed by atoms with Gasteiger partial charge in [0.05, 0.1) is 28.7 Å². The molecule has 1 saturated heterocycles. The molecule has 8 nitrogen and oxygen atoms in total. The maximum Gasteiger partial charge on any atom is 0.258 e. The van der Waals surface area contributed by atoms with E-state index in [-0.39, 0.29) is 42.8 Å². The second-order valence-electron chi connectivity index (χ2n) is 9.37. The van der Waals surface area contributed by atoms with Crippen molar-refractivity contribution in [2.75, 3.05) is 19.7 Å². The molecule has 2 unspecified atom stereocenters. The summed E-state index contributed by atoms with van der Waals surface area (Å²) in [6.07, 6.45) is -1.11. The molecule has 5 N–H and O–H groups in total. The Balaban J connectivity index is 1.28. The van der Waals surface area contributed by atoms with E-state index in [1.165, 1.54) is 12.1 Å². The van der Waals surface area contributed by atoms with Crippen LogP contribution in [0.1, 0.15) is 32.1 Å². The van der Waals surface area contributed by atoms with Gasteiger partial charge in [-0.2, -0.15) is 0 Å². The highest BCUT2D eigenvalue weighted by Crippen LogP contribution is 2.47. The quantitative estimate of drug-likeness (QED) is 0.380. The number of carbonyl (C=O) groups excluding carboxylic acids is 2. The Kier molecular flexibility index (Phi) is 7.28. The van der Waals surface area contributed by atoms with Crippen LogP contribution in [0.3, 0.4) is 0 Å². The first-order valence-electron chi connectivity index (χ1n) is 11.3. The highest BCUT2D eigenvalue weighted by molar-refractivity contribution is 6.30. The monoisotopic (exact) mass is 504 g/mol. The molecule has 2 amide bonds. The number of fused-ring (bicyclic) bond motifs is 3. The fourth-order valence-electron chi connectivity index (χ4n) is 5.09. The molecule has 0 aromatic heterocycles. The molecule has 1 aromatic rings. The van der Waals surface area contributed by atoms with Gasteiger partial charge >= 0.3 is 0 Å². The van der Waals surface area contributed by atoms with Crippen LogP contribution in [-0.2, 0) is 9.59 Å². The van der Waals surface area contributed by atoms with Gasteiger partial charge in [0.15, 0.2) is 6.61 Å². The molecule has 0 spiro atoms. The van der Waals surface area contributed by atoms with E-state index in [1.807, 2.05) is 0 Å². The number of benzene rings is 1. The van der Waals surface area contributed by atoms with Crippen LogP contribution in [0.5, 0.6) is 5.75 Å². The highest BCUT2D eigenvalue weighted by atomic mass is 35.5. The van der Waals surface area contributed by atoms with Crippen molar-refractivity contribution in [3.8, 4) is 5.75 Å². The lowest BCUT2D eigenvalue weighted by atomic mass is 9.59. The van der Waals surface area contributed by atoms with Crippen molar-refractivity contribution in [2.45, 2.75) is 67.8 Å². The van der Waals surface area contributed by atoms with Crippen LogP contribution in [0.2, 0.25) is 5.02 Å². The maximum absolute atomic E-state index is 13.5. The largest absolute Gasteiger partial charge is 0.484 e. The number of aliphatic hydroxyl groups is 1. The minimum atomic E-state index is -2.52. The van der Waals surface area contributed by atoms with Crippen molar-refractivity contribution in [3.05, 3.63) is 29.0 Å². The number of alkyl halides is 2. The Labute approximate surface area is 199 Å². The lowest BCUT2D eigenvalue weighted by Gasteiger charge is -2.56. The van der Waals surface area contributed by atoms with Crippen LogP contribution < -0.4 is 26.0 Å². The normalized spacial score (nSPS) is 32.9. The maximum atomic E-state index is 13.5. The van der Waals surface area contributed by atoms with Gasteiger partial charge in [0.25, 0.3) is 12.3 Å². The van der Waals surface area contributed by atoms with E-state index in [0.717, 1.165) is 6.07 Å². The summed E-state index contributed by atoms with van der Waals surface area (Å²) in [6.45, 7) is -0.267. The molecule has 1 aromatic carbocycles. The number of nitrogens with one attached hydrogen (secondary N) is 4. The van der Waals surface area contributed by atoms with Gasteiger partial charge in [-0.05, 0) is 44.2 Å². The summed E-state index contributed by atoms with van der Waals surface area (Å²) >= 11 is 5.64. The van der Waals surface area contributed by atoms with Gasteiger partial charge in [-0.1, -0.05) is 11.6 Å². The fourth-order valence-corrected chi connectivity index (χ4v) is 5.21. The second kappa shape index (κ2) is 9.88. The van der Waals surface area contributed by atoms with Crippen molar-refractivity contribution < 1.29 is 32.6 Å². The molecular formula is C22H28ClF3N4O4. The first kappa shape index (κ1) is 25.0. The number of ether oxygens (including phenoxy) is 1. The van der Waals surface area contributed by atoms with E-state index in [2.05, 4.69) is 21.3 Å². The minimum Gasteiger partial charge on any atom is -0.484 e. The van der Waals surface area contributed by atoms with E-state index >= 15 is 0 Å². The molecule has 188 valence electrons. The van der Waals surface area contributed by atoms with Gasteiger partial charge in [-0.25, -0.2) is 13.2 Å². The van der Waals surface area contributed by atoms with Gasteiger partial charge in [0.1, 0.15) is 11.6 Å². The molecule has 3 atom stereocenters. The molecule has 34 heavy (non-hydrogen) atoms. The first-order chi connectivity index (χ1) is 16.1. The van der Waals surface area contributed by atoms with Gasteiger partial charge < -0.3 is 31.1 Å². The molecule has 5 rings (SSSR count). The summed E-state index contributed by atoms with van der Waals surface area (Å²) in [7, 11) is 0. The molecular weight excluding hydrogens is 477 g/mol. The predicted molar refractivity (Wildman–Crippen MR) is 117 cm³/mol. The molecule has 3 aliphatic carbocycles. The molecule has 2 bridgehead atoms. The number of piperazine rings is 1. The van der Waals surface area contributed by atoms with Crippen LogP contribution in [0, 0.1) is 5.82 Å². The summed E-state index contributed by atoms with van der Waals surface area (Å²) in [5.41, 5.74) is -1.44. The van der Waals surface area contributed by atoms with E-state index in [0.29, 0.717) is 25.7 Å². The van der Waals surface area contributed by atoms with E-state index < -0.39 is 47.4 Å². The van der Waals surface area contributed by atoms with Gasteiger partial charge in [-0.15, -0.1) is 0 Å². The summed E-state index contributed by atoms with van der Waals surface area (Å²) in [5.74, 6) is -1.21. The Morgan fingerprint density at radius 1 is 1.18 bits per heavy atom. The van der Waals surface area contributed by atoms with Crippen molar-refractivity contribution in [3.63, 3.8) is 0 Å². The Hall–Kier alpha value is -2.08. The average Bonchev–Trinajstić information content (AvgIpc) is 2.81. The highest BCUT2D eigenvalue weighted by Gasteiger charge is 2.55. The average molecular weight is 505 g/mol. The Morgan fingerprint density at radius 2 is 1.91 bits per heavy atom. The smallest absolute Gasteiger partial charge is 0.258 e. The third-order valence-electron chi connectivity index (χ3n) is 7.15. The van der Waals surface area contributed by atoms with E-state index in [1.54, 1.807) is 0 Å². The lowest BCUT2D eigenvalue weighted by molar-refractivity contribution is -0.137. The Morgan fingerprint density at radius 3 is 2.50 bits per heavy atom. The van der Waals surface area contributed by atoms with E-state index in [4.69, 9.17) is 16.3 Å². The van der Waals surface area contributed by atoms with Gasteiger partial charge in [-0.3, -0.25) is 9.59 Å². The molecule has 12 heteroatoms. The van der Waals surface area contributed by atoms with Crippen LogP contribution in [0.15, 0.2) is 18.2 Å². The molecule has 1 heterocycles. The van der Waals surface area contributed by atoms with Crippen LogP contribution in [-0.4, -0.2) is 72.3 Å². The topological polar surface area (TPSA) is 112 Å². The Bertz CT molecular complexity index is 921. The summed E-state index contributed by atoms with van der Waals surface area (Å²) < 4.78 is 44.5. The number of hydrogen-bond acceptors (Lipinski definition) is 6. The number of hydrogen-bond donors (Lipinski definition) is 5. The summed E-state index contributed by atoms with van der Waals surface area (Å²) in [6, 6.07) is 2.23. The molecule has 1 aliphatic heterocycles. The predicted octanol–water partition coefficient (Wildman–Crippen LogP) is 1.10. The zero-order valence-corrected chi connectivity index (χ0v) is 19.1. The second-order valence-corrected chi connectivity index (χ2v) is 9.78. The van der Waals surface area contributed by atoms with Crippen molar-refractivity contribution >= 4 is 23.4 Å². The van der Waals surface area contributed by atoms with Crippen molar-refractivity contribution in [2.24, 2.45) is 0 Å². The molecule has 0 radical (unpaired) electrons. The van der Waals surface area contributed by atoms with Gasteiger partial charge in [0, 0.05) is 24.7 Å². The molecule has 3 saturated carbocycles. The zero-order chi connectivity index (χ0) is 24.5. The zero-order valence-electron chi connectivity index (χ0n) is 18.4.